The highest BCUT2D eigenvalue weighted by Crippen LogP contribution is 2.35. The van der Waals surface area contributed by atoms with Crippen molar-refractivity contribution in [1.82, 2.24) is 0 Å². The van der Waals surface area contributed by atoms with E-state index in [1.54, 1.807) is 13.0 Å². The third-order valence-corrected chi connectivity index (χ3v) is 6.92. The lowest BCUT2D eigenvalue weighted by Crippen LogP contribution is -2.16. The Morgan fingerprint density at radius 2 is 1.67 bits per heavy atom. The van der Waals surface area contributed by atoms with Crippen LogP contribution < -0.4 is 4.74 Å². The molecule has 4 rings (SSSR count). The monoisotopic (exact) mass is 546 g/mol. The molecular formula is C31H31F5O3. The van der Waals surface area contributed by atoms with Crippen molar-refractivity contribution >= 4 is 5.57 Å². The van der Waals surface area contributed by atoms with E-state index in [0.717, 1.165) is 5.57 Å². The Morgan fingerprint density at radius 1 is 0.897 bits per heavy atom. The van der Waals surface area contributed by atoms with Crippen LogP contribution in [0.3, 0.4) is 0 Å². The van der Waals surface area contributed by atoms with Crippen LogP contribution in [0.4, 0.5) is 22.0 Å². The normalized spacial score (nSPS) is 16.2. The second-order valence-corrected chi connectivity index (χ2v) is 9.55. The second-order valence-electron chi connectivity index (χ2n) is 9.55. The Bertz CT molecular complexity index is 1350. The zero-order valence-electron chi connectivity index (χ0n) is 21.9. The highest BCUT2D eigenvalue weighted by atomic mass is 19.2. The molecule has 2 atom stereocenters. The Labute approximate surface area is 224 Å². The van der Waals surface area contributed by atoms with Crippen molar-refractivity contribution in [3.63, 3.8) is 0 Å². The molecule has 0 radical (unpaired) electrons. The van der Waals surface area contributed by atoms with Gasteiger partial charge in [-0.25, -0.2) is 17.6 Å². The van der Waals surface area contributed by atoms with Gasteiger partial charge in [0.1, 0.15) is 5.82 Å². The zero-order valence-corrected chi connectivity index (χ0v) is 21.9. The van der Waals surface area contributed by atoms with Crippen LogP contribution in [0.15, 0.2) is 48.5 Å². The third-order valence-electron chi connectivity index (χ3n) is 6.92. The fourth-order valence-corrected chi connectivity index (χ4v) is 4.78. The van der Waals surface area contributed by atoms with E-state index in [-0.39, 0.29) is 47.3 Å². The average Bonchev–Trinajstić information content (AvgIpc) is 2.93. The zero-order chi connectivity index (χ0) is 28.1. The summed E-state index contributed by atoms with van der Waals surface area (Å²) < 4.78 is 83.7. The number of hydrogen-bond donors (Lipinski definition) is 1. The molecule has 39 heavy (non-hydrogen) atoms. The van der Waals surface area contributed by atoms with Gasteiger partial charge in [-0.05, 0) is 61.9 Å². The van der Waals surface area contributed by atoms with Gasteiger partial charge in [-0.2, -0.15) is 4.39 Å². The highest BCUT2D eigenvalue weighted by Gasteiger charge is 2.22. The number of halogens is 5. The summed E-state index contributed by atoms with van der Waals surface area (Å²) in [6, 6.07) is 9.74. The van der Waals surface area contributed by atoms with E-state index in [2.05, 4.69) is 0 Å². The molecule has 0 aromatic heterocycles. The van der Waals surface area contributed by atoms with Gasteiger partial charge in [0.05, 0.1) is 25.4 Å². The van der Waals surface area contributed by atoms with E-state index in [9.17, 15) is 22.7 Å². The maximum Gasteiger partial charge on any atom is 0.201 e. The van der Waals surface area contributed by atoms with Crippen molar-refractivity contribution in [2.45, 2.75) is 64.8 Å². The first-order chi connectivity index (χ1) is 18.7. The topological polar surface area (TPSA) is 38.7 Å². The van der Waals surface area contributed by atoms with Crippen LogP contribution in [-0.2, 0) is 11.3 Å². The van der Waals surface area contributed by atoms with Gasteiger partial charge in [0.25, 0.3) is 0 Å². The molecule has 1 N–H and O–H groups in total. The van der Waals surface area contributed by atoms with Crippen LogP contribution in [0, 0.1) is 29.1 Å². The Balaban J connectivity index is 1.41. The molecule has 2 unspecified atom stereocenters. The first kappa shape index (κ1) is 28.8. The molecule has 3 aromatic rings. The molecule has 0 saturated heterocycles. The van der Waals surface area contributed by atoms with E-state index in [1.165, 1.54) is 36.4 Å². The third kappa shape index (κ3) is 6.34. The predicted molar refractivity (Wildman–Crippen MR) is 140 cm³/mol. The van der Waals surface area contributed by atoms with E-state index in [0.29, 0.717) is 37.7 Å². The molecule has 1 aliphatic rings. The fraction of sp³-hybridized carbons (Fsp3) is 0.355. The minimum atomic E-state index is -1.12. The Morgan fingerprint density at radius 3 is 2.33 bits per heavy atom. The average molecular weight is 547 g/mol. The van der Waals surface area contributed by atoms with Gasteiger partial charge in [0.15, 0.2) is 23.2 Å². The number of allylic oxidation sites excluding steroid dienone is 1. The molecule has 0 heterocycles. The second kappa shape index (κ2) is 12.7. The van der Waals surface area contributed by atoms with Crippen LogP contribution in [0.5, 0.6) is 5.75 Å². The quantitative estimate of drug-likeness (QED) is 0.260. The van der Waals surface area contributed by atoms with Gasteiger partial charge in [0.2, 0.25) is 5.82 Å². The molecule has 0 fully saturated rings. The Kier molecular flexibility index (Phi) is 9.40. The number of ether oxygens (including phenoxy) is 2. The number of aliphatic hydroxyl groups excluding tert-OH is 1. The SMILES string of the molecule is CCCC(O)c1ccc(COC2CC=C(c3ccc(-c4ccc(OCC)c(F)c4F)cc3F)CC2)c(F)c1F. The van der Waals surface area contributed by atoms with Crippen LogP contribution in [-0.4, -0.2) is 17.8 Å². The minimum absolute atomic E-state index is 0.0632. The van der Waals surface area contributed by atoms with E-state index in [4.69, 9.17) is 9.47 Å². The smallest absolute Gasteiger partial charge is 0.201 e. The lowest BCUT2D eigenvalue weighted by atomic mass is 9.90. The lowest BCUT2D eigenvalue weighted by molar-refractivity contribution is 0.0341. The summed E-state index contributed by atoms with van der Waals surface area (Å²) in [6.07, 6.45) is 2.98. The molecule has 1 aliphatic carbocycles. The van der Waals surface area contributed by atoms with Crippen LogP contribution >= 0.6 is 0 Å². The molecule has 8 heteroatoms. The van der Waals surface area contributed by atoms with Gasteiger partial charge < -0.3 is 14.6 Å². The molecule has 0 spiro atoms. The van der Waals surface area contributed by atoms with E-state index in [1.807, 2.05) is 13.0 Å². The van der Waals surface area contributed by atoms with Crippen molar-refractivity contribution in [1.29, 1.82) is 0 Å². The van der Waals surface area contributed by atoms with Crippen molar-refractivity contribution in [2.24, 2.45) is 0 Å². The van der Waals surface area contributed by atoms with Crippen molar-refractivity contribution in [3.8, 4) is 16.9 Å². The Hall–Kier alpha value is -3.23. The molecule has 3 nitrogen and oxygen atoms in total. The summed E-state index contributed by atoms with van der Waals surface area (Å²) in [6.45, 7) is 3.56. The number of benzene rings is 3. The summed E-state index contributed by atoms with van der Waals surface area (Å²) in [5.41, 5.74) is 1.25. The van der Waals surface area contributed by atoms with Gasteiger partial charge in [0, 0.05) is 22.3 Å². The summed E-state index contributed by atoms with van der Waals surface area (Å²) >= 11 is 0. The first-order valence-corrected chi connectivity index (χ1v) is 13.1. The summed E-state index contributed by atoms with van der Waals surface area (Å²) in [7, 11) is 0. The molecule has 0 aliphatic heterocycles. The van der Waals surface area contributed by atoms with Crippen molar-refractivity contribution < 1.29 is 36.5 Å². The summed E-state index contributed by atoms with van der Waals surface area (Å²) in [5, 5.41) is 10.0. The number of hydrogen-bond acceptors (Lipinski definition) is 3. The largest absolute Gasteiger partial charge is 0.491 e. The molecular weight excluding hydrogens is 515 g/mol. The minimum Gasteiger partial charge on any atom is -0.491 e. The maximum atomic E-state index is 15.0. The lowest BCUT2D eigenvalue weighted by Gasteiger charge is -2.23. The van der Waals surface area contributed by atoms with Crippen molar-refractivity contribution in [3.05, 3.63) is 94.3 Å². The van der Waals surface area contributed by atoms with E-state index >= 15 is 4.39 Å². The maximum absolute atomic E-state index is 15.0. The molecule has 208 valence electrons. The van der Waals surface area contributed by atoms with Gasteiger partial charge in [-0.3, -0.25) is 0 Å². The molecule has 0 saturated carbocycles. The van der Waals surface area contributed by atoms with Gasteiger partial charge in [-0.1, -0.05) is 43.7 Å². The van der Waals surface area contributed by atoms with Crippen LogP contribution in [0.2, 0.25) is 0 Å². The summed E-state index contributed by atoms with van der Waals surface area (Å²) in [4.78, 5) is 0. The number of aliphatic hydroxyl groups is 1. The molecule has 3 aromatic carbocycles. The van der Waals surface area contributed by atoms with Gasteiger partial charge >= 0.3 is 0 Å². The molecule has 0 amide bonds. The van der Waals surface area contributed by atoms with Crippen LogP contribution in [0.1, 0.15) is 68.7 Å². The van der Waals surface area contributed by atoms with Gasteiger partial charge in [-0.15, -0.1) is 0 Å². The summed E-state index contributed by atoms with van der Waals surface area (Å²) in [5.74, 6) is -5.07. The standard InChI is InChI=1S/C31H31F5O3/c1-3-5-26(37)24-13-9-20(28(33)30(24)35)17-39-21-10-6-18(7-11-21)22-12-8-19(16-25(22)32)23-14-15-27(38-4-2)31(36)29(23)34/h6,8-9,12-16,21,26,37H,3-5,7,10-11,17H2,1-2H3. The molecule has 0 bridgehead atoms. The number of rotatable bonds is 10. The predicted octanol–water partition coefficient (Wildman–Crippen LogP) is 8.43. The fourth-order valence-electron chi connectivity index (χ4n) is 4.78. The van der Waals surface area contributed by atoms with Crippen molar-refractivity contribution in [2.75, 3.05) is 6.61 Å². The highest BCUT2D eigenvalue weighted by molar-refractivity contribution is 5.72. The first-order valence-electron chi connectivity index (χ1n) is 13.1. The van der Waals surface area contributed by atoms with E-state index < -0.39 is 35.2 Å². The van der Waals surface area contributed by atoms with Crippen LogP contribution in [0.25, 0.3) is 16.7 Å².